The van der Waals surface area contributed by atoms with Crippen molar-refractivity contribution in [3.63, 3.8) is 0 Å². The Kier molecular flexibility index (Phi) is 9.87. The van der Waals surface area contributed by atoms with Gasteiger partial charge in [-0.1, -0.05) is 35.9 Å². The van der Waals surface area contributed by atoms with Gasteiger partial charge < -0.3 is 10.1 Å². The molecule has 0 spiro atoms. The Hall–Kier alpha value is -3.73. The summed E-state index contributed by atoms with van der Waals surface area (Å²) in [5, 5.41) is 2.52. The third-order valence-electron chi connectivity index (χ3n) is 7.96. The summed E-state index contributed by atoms with van der Waals surface area (Å²) >= 11 is 18.8. The molecule has 246 valence electrons. The van der Waals surface area contributed by atoms with E-state index in [1.165, 1.54) is 31.4 Å². The number of aryl methyl sites for hydroxylation is 1. The van der Waals surface area contributed by atoms with Gasteiger partial charge in [-0.05, 0) is 78.1 Å². The van der Waals surface area contributed by atoms with Gasteiger partial charge in [0.05, 0.1) is 23.6 Å². The van der Waals surface area contributed by atoms with E-state index in [1.54, 1.807) is 24.3 Å². The van der Waals surface area contributed by atoms with Gasteiger partial charge in [-0.15, -0.1) is 23.2 Å². The molecular formula is C34H24Cl3F6NO3. The van der Waals surface area contributed by atoms with Crippen molar-refractivity contribution in [1.29, 1.82) is 0 Å². The molecule has 4 aromatic carbocycles. The molecular weight excluding hydrogens is 691 g/mol. The number of anilines is 1. The topological polar surface area (TPSA) is 55.4 Å². The highest BCUT2D eigenvalue weighted by Gasteiger charge is 2.67. The lowest BCUT2D eigenvalue weighted by atomic mass is 9.97. The van der Waals surface area contributed by atoms with E-state index in [0.29, 0.717) is 24.3 Å². The largest absolute Gasteiger partial charge is 0.497 e. The highest BCUT2D eigenvalue weighted by Crippen LogP contribution is 2.65. The zero-order chi connectivity index (χ0) is 34.3. The number of hydrogen-bond donors (Lipinski definition) is 1. The highest BCUT2D eigenvalue weighted by molar-refractivity contribution is 6.53. The monoisotopic (exact) mass is 713 g/mol. The van der Waals surface area contributed by atoms with Crippen LogP contribution in [0.15, 0.2) is 72.8 Å². The fourth-order valence-corrected chi connectivity index (χ4v) is 6.45. The van der Waals surface area contributed by atoms with Crippen LogP contribution >= 0.6 is 34.8 Å². The smallest absolute Gasteiger partial charge is 0.419 e. The van der Waals surface area contributed by atoms with Crippen molar-refractivity contribution >= 4 is 52.2 Å². The molecule has 0 aliphatic heterocycles. The Morgan fingerprint density at radius 3 is 2.23 bits per heavy atom. The molecule has 2 unspecified atom stereocenters. The molecule has 1 aliphatic carbocycles. The number of benzene rings is 4. The van der Waals surface area contributed by atoms with E-state index in [1.807, 2.05) is 0 Å². The molecule has 1 N–H and O–H groups in total. The maximum Gasteiger partial charge on any atom is 0.419 e. The van der Waals surface area contributed by atoms with Crippen LogP contribution in [-0.4, -0.2) is 23.1 Å². The number of carbonyl (C=O) groups excluding carboxylic acids is 2. The quantitative estimate of drug-likeness (QED) is 0.101. The van der Waals surface area contributed by atoms with Gasteiger partial charge in [0.15, 0.2) is 5.78 Å². The lowest BCUT2D eigenvalue weighted by Crippen LogP contribution is -2.17. The van der Waals surface area contributed by atoms with Crippen molar-refractivity contribution in [2.75, 3.05) is 12.4 Å². The first-order chi connectivity index (χ1) is 22.1. The summed E-state index contributed by atoms with van der Waals surface area (Å²) in [7, 11) is 1.53. The van der Waals surface area contributed by atoms with Gasteiger partial charge in [0.1, 0.15) is 27.5 Å². The Labute approximate surface area is 280 Å². The fraction of sp³-hybridized carbons (Fsp3) is 0.235. The molecule has 1 fully saturated rings. The molecule has 1 aliphatic rings. The first-order valence-electron chi connectivity index (χ1n) is 14.1. The average molecular weight is 715 g/mol. The predicted molar refractivity (Wildman–Crippen MR) is 167 cm³/mol. The number of rotatable bonds is 10. The van der Waals surface area contributed by atoms with E-state index in [9.17, 15) is 31.5 Å². The summed E-state index contributed by atoms with van der Waals surface area (Å²) in [5.74, 6) is -6.15. The lowest BCUT2D eigenvalue weighted by molar-refractivity contribution is -0.140. The molecule has 0 aromatic heterocycles. The van der Waals surface area contributed by atoms with Crippen LogP contribution in [0.25, 0.3) is 0 Å². The second-order valence-corrected chi connectivity index (χ2v) is 12.8. The van der Waals surface area contributed by atoms with E-state index >= 15 is 4.39 Å². The van der Waals surface area contributed by atoms with Crippen LogP contribution in [0.4, 0.5) is 32.0 Å². The second kappa shape index (κ2) is 13.4. The first-order valence-corrected chi connectivity index (χ1v) is 15.2. The molecule has 1 amide bonds. The first kappa shape index (κ1) is 34.6. The number of nitrogens with one attached hydrogen (secondary N) is 1. The molecule has 47 heavy (non-hydrogen) atoms. The molecule has 0 saturated heterocycles. The minimum absolute atomic E-state index is 0.00503. The second-order valence-electron chi connectivity index (χ2n) is 11.0. The zero-order valence-electron chi connectivity index (χ0n) is 24.3. The van der Waals surface area contributed by atoms with E-state index in [0.717, 1.165) is 17.7 Å². The van der Waals surface area contributed by atoms with Crippen molar-refractivity contribution < 1.29 is 40.7 Å². The van der Waals surface area contributed by atoms with E-state index < -0.39 is 63.5 Å². The van der Waals surface area contributed by atoms with E-state index in [2.05, 4.69) is 5.32 Å². The lowest BCUT2D eigenvalue weighted by Gasteiger charge is -2.12. The standard InChI is InChI=1S/C34H24Cl3F6NO3/c1-47-21-8-2-17(3-9-21)4-10-22-26(38)12-6-19(31(22)40)15-28(45)23-16-20(7-11-25(23)35)44-32(46)30-29(33(30,36)37)18-5-13-27(39)24(14-18)34(41,42)43/h2-3,5-9,11-14,16,29-30H,4,10,15H2,1H3,(H,44,46). The molecule has 4 aromatic rings. The number of Topliss-reactive ketones (excluding diaryl/α,β-unsaturated/α-hetero) is 1. The summed E-state index contributed by atoms with van der Waals surface area (Å²) in [6.45, 7) is 0. The number of methoxy groups -OCH3 is 1. The maximum absolute atomic E-state index is 15.4. The minimum atomic E-state index is -4.98. The molecule has 5 rings (SSSR count). The number of carbonyl (C=O) groups is 2. The van der Waals surface area contributed by atoms with E-state index in [4.69, 9.17) is 39.5 Å². The van der Waals surface area contributed by atoms with Crippen LogP contribution < -0.4 is 10.1 Å². The van der Waals surface area contributed by atoms with Gasteiger partial charge in [0, 0.05) is 29.2 Å². The van der Waals surface area contributed by atoms with E-state index in [-0.39, 0.29) is 39.4 Å². The molecule has 0 radical (unpaired) electrons. The minimum Gasteiger partial charge on any atom is -0.497 e. The number of hydrogen-bond acceptors (Lipinski definition) is 3. The molecule has 0 heterocycles. The number of ether oxygens (including phenoxy) is 1. The summed E-state index contributed by atoms with van der Waals surface area (Å²) in [5.41, 5.74) is -0.999. The van der Waals surface area contributed by atoms with Gasteiger partial charge in [0.25, 0.3) is 0 Å². The van der Waals surface area contributed by atoms with Crippen molar-refractivity contribution in [3.05, 3.63) is 129 Å². The van der Waals surface area contributed by atoms with Gasteiger partial charge in [-0.3, -0.25) is 9.59 Å². The van der Waals surface area contributed by atoms with Crippen molar-refractivity contribution in [3.8, 4) is 5.75 Å². The number of halogens is 9. The zero-order valence-corrected chi connectivity index (χ0v) is 26.6. The Bertz CT molecular complexity index is 1850. The third-order valence-corrected chi connectivity index (χ3v) is 9.23. The van der Waals surface area contributed by atoms with Crippen LogP contribution in [0.3, 0.4) is 0 Å². The number of amides is 1. The summed E-state index contributed by atoms with van der Waals surface area (Å²) in [4.78, 5) is 26.4. The van der Waals surface area contributed by atoms with Gasteiger partial charge in [0.2, 0.25) is 5.91 Å². The molecule has 1 saturated carbocycles. The van der Waals surface area contributed by atoms with Crippen LogP contribution in [0.5, 0.6) is 5.75 Å². The maximum atomic E-state index is 15.4. The predicted octanol–water partition coefficient (Wildman–Crippen LogP) is 9.52. The summed E-state index contributed by atoms with van der Waals surface area (Å²) in [6, 6.07) is 15.5. The van der Waals surface area contributed by atoms with Crippen molar-refractivity contribution in [2.24, 2.45) is 5.92 Å². The number of alkyl halides is 5. The Morgan fingerprint density at radius 2 is 1.57 bits per heavy atom. The van der Waals surface area contributed by atoms with Gasteiger partial charge in [-0.25, -0.2) is 13.2 Å². The van der Waals surface area contributed by atoms with Crippen LogP contribution in [0, 0.1) is 23.4 Å². The highest BCUT2D eigenvalue weighted by atomic mass is 35.5. The van der Waals surface area contributed by atoms with Gasteiger partial charge >= 0.3 is 6.18 Å². The van der Waals surface area contributed by atoms with Crippen molar-refractivity contribution in [2.45, 2.75) is 35.7 Å². The van der Waals surface area contributed by atoms with Crippen LogP contribution in [-0.2, 0) is 30.2 Å². The Balaban J connectivity index is 1.29. The summed E-state index contributed by atoms with van der Waals surface area (Å²) in [6.07, 6.45) is -5.08. The molecule has 2 atom stereocenters. The summed E-state index contributed by atoms with van der Waals surface area (Å²) < 4.78 is 86.9. The average Bonchev–Trinajstić information content (AvgIpc) is 3.60. The third kappa shape index (κ3) is 7.40. The SMILES string of the molecule is COc1ccc(CCc2c(F)ccc(CC(=O)c3cc(NC(=O)C4C(c5ccc(F)c(C(F)(F)F)c5)C4(Cl)Cl)ccc3Cl)c2F)cc1. The Morgan fingerprint density at radius 1 is 0.894 bits per heavy atom. The van der Waals surface area contributed by atoms with Crippen LogP contribution in [0.1, 0.15) is 44.1 Å². The van der Waals surface area contributed by atoms with Crippen molar-refractivity contribution in [1.82, 2.24) is 0 Å². The van der Waals surface area contributed by atoms with Crippen LogP contribution in [0.2, 0.25) is 5.02 Å². The number of ketones is 1. The normalized spacial score (nSPS) is 16.9. The van der Waals surface area contributed by atoms with Gasteiger partial charge in [-0.2, -0.15) is 13.2 Å². The molecule has 4 nitrogen and oxygen atoms in total. The molecule has 0 bridgehead atoms. The molecule has 13 heteroatoms. The fourth-order valence-electron chi connectivity index (χ4n) is 5.40.